The maximum Gasteiger partial charge on any atom is 0.340 e. The van der Waals surface area contributed by atoms with Crippen LogP contribution in [0.15, 0.2) is 66.9 Å². The van der Waals surface area contributed by atoms with Gasteiger partial charge in [-0.2, -0.15) is 0 Å². The maximum absolute atomic E-state index is 13.7. The molecule has 1 amide bonds. The first-order valence-electron chi connectivity index (χ1n) is 9.09. The van der Waals surface area contributed by atoms with Gasteiger partial charge in [0.2, 0.25) is 0 Å². The summed E-state index contributed by atoms with van der Waals surface area (Å²) in [6.07, 6.45) is 1.48. The molecule has 3 rings (SSSR count). The van der Waals surface area contributed by atoms with Gasteiger partial charge in [-0.05, 0) is 37.3 Å². The fraction of sp³-hybridized carbons (Fsp3) is 0.136. The Balaban J connectivity index is 1.72. The van der Waals surface area contributed by atoms with Crippen LogP contribution in [-0.2, 0) is 11.3 Å². The van der Waals surface area contributed by atoms with Crippen LogP contribution in [0, 0.1) is 5.82 Å². The van der Waals surface area contributed by atoms with Crippen LogP contribution >= 0.6 is 0 Å². The fourth-order valence-corrected chi connectivity index (χ4v) is 2.67. The molecule has 0 atom stereocenters. The van der Waals surface area contributed by atoms with Crippen molar-refractivity contribution in [3.8, 4) is 0 Å². The molecule has 7 heteroatoms. The zero-order valence-electron chi connectivity index (χ0n) is 15.8. The van der Waals surface area contributed by atoms with Gasteiger partial charge in [0.25, 0.3) is 5.91 Å². The molecule has 1 heterocycles. The van der Waals surface area contributed by atoms with Crippen LogP contribution in [0.4, 0.5) is 15.8 Å². The van der Waals surface area contributed by atoms with E-state index in [-0.39, 0.29) is 24.7 Å². The number of aromatic nitrogens is 1. The summed E-state index contributed by atoms with van der Waals surface area (Å²) >= 11 is 0. The molecule has 148 valence electrons. The van der Waals surface area contributed by atoms with E-state index in [1.807, 2.05) is 0 Å². The van der Waals surface area contributed by atoms with Crippen molar-refractivity contribution >= 4 is 23.3 Å². The number of nitrogens with zero attached hydrogens (tertiary/aromatic N) is 1. The lowest BCUT2D eigenvalue weighted by Gasteiger charge is -2.12. The molecule has 0 radical (unpaired) electrons. The van der Waals surface area contributed by atoms with Crippen molar-refractivity contribution in [2.45, 2.75) is 13.5 Å². The molecular weight excluding hydrogens is 373 g/mol. The van der Waals surface area contributed by atoms with Gasteiger partial charge in [0.15, 0.2) is 0 Å². The zero-order chi connectivity index (χ0) is 20.6. The molecule has 0 fully saturated rings. The largest absolute Gasteiger partial charge is 0.462 e. The topological polar surface area (TPSA) is 80.3 Å². The number of carbonyl (C=O) groups excluding carboxylic acids is 2. The zero-order valence-corrected chi connectivity index (χ0v) is 15.8. The molecule has 0 saturated carbocycles. The van der Waals surface area contributed by atoms with E-state index in [0.717, 1.165) is 0 Å². The Morgan fingerprint density at radius 2 is 1.83 bits per heavy atom. The van der Waals surface area contributed by atoms with Crippen molar-refractivity contribution in [2.75, 3.05) is 11.9 Å². The monoisotopic (exact) mass is 393 g/mol. The molecule has 3 aromatic rings. The summed E-state index contributed by atoms with van der Waals surface area (Å²) in [5.41, 5.74) is 2.07. The van der Waals surface area contributed by atoms with Gasteiger partial charge in [-0.3, -0.25) is 9.78 Å². The maximum atomic E-state index is 13.7. The Bertz CT molecular complexity index is 1020. The Morgan fingerprint density at radius 3 is 2.62 bits per heavy atom. The number of hydrogen-bond acceptors (Lipinski definition) is 5. The number of hydrogen-bond donors (Lipinski definition) is 2. The lowest BCUT2D eigenvalue weighted by atomic mass is 10.1. The molecule has 2 N–H and O–H groups in total. The van der Waals surface area contributed by atoms with E-state index in [4.69, 9.17) is 4.74 Å². The first-order valence-corrected chi connectivity index (χ1v) is 9.09. The minimum Gasteiger partial charge on any atom is -0.462 e. The normalized spacial score (nSPS) is 10.3. The van der Waals surface area contributed by atoms with Crippen molar-refractivity contribution in [3.63, 3.8) is 0 Å². The molecule has 0 aliphatic carbocycles. The molecule has 0 spiro atoms. The van der Waals surface area contributed by atoms with E-state index >= 15 is 0 Å². The molecule has 0 bridgehead atoms. The number of carbonyl (C=O) groups is 2. The highest BCUT2D eigenvalue weighted by Gasteiger charge is 2.13. The van der Waals surface area contributed by atoms with Crippen LogP contribution in [-0.4, -0.2) is 23.5 Å². The highest BCUT2D eigenvalue weighted by atomic mass is 19.1. The number of rotatable bonds is 7. The molecular formula is C22H20FN3O3. The predicted octanol–water partition coefficient (Wildman–Crippen LogP) is 4.07. The first kappa shape index (κ1) is 20.0. The smallest absolute Gasteiger partial charge is 0.340 e. The number of anilines is 2. The van der Waals surface area contributed by atoms with Gasteiger partial charge in [0, 0.05) is 24.0 Å². The van der Waals surface area contributed by atoms with Crippen molar-refractivity contribution in [1.29, 1.82) is 0 Å². The van der Waals surface area contributed by atoms with Crippen molar-refractivity contribution in [1.82, 2.24) is 10.3 Å². The number of amides is 1. The molecule has 1 aromatic heterocycles. The summed E-state index contributed by atoms with van der Waals surface area (Å²) in [7, 11) is 0. The van der Waals surface area contributed by atoms with E-state index in [2.05, 4.69) is 15.6 Å². The average molecular weight is 393 g/mol. The highest BCUT2D eigenvalue weighted by Crippen LogP contribution is 2.22. The second-order valence-electron chi connectivity index (χ2n) is 6.09. The van der Waals surface area contributed by atoms with Gasteiger partial charge in [-0.25, -0.2) is 9.18 Å². The molecule has 0 saturated heterocycles. The number of ether oxygens (including phenoxy) is 1. The number of pyridine rings is 1. The number of benzene rings is 2. The molecule has 0 aliphatic rings. The molecule has 6 nitrogen and oxygen atoms in total. The summed E-state index contributed by atoms with van der Waals surface area (Å²) in [4.78, 5) is 28.6. The van der Waals surface area contributed by atoms with Crippen molar-refractivity contribution < 1.29 is 18.7 Å². The molecule has 0 aliphatic heterocycles. The third-order valence-electron chi connectivity index (χ3n) is 4.09. The van der Waals surface area contributed by atoms with Crippen LogP contribution in [0.5, 0.6) is 0 Å². The van der Waals surface area contributed by atoms with Gasteiger partial charge in [0.1, 0.15) is 11.5 Å². The van der Waals surface area contributed by atoms with Gasteiger partial charge >= 0.3 is 5.97 Å². The van der Waals surface area contributed by atoms with E-state index in [9.17, 15) is 14.0 Å². The van der Waals surface area contributed by atoms with Gasteiger partial charge < -0.3 is 15.4 Å². The Labute approximate surface area is 167 Å². The number of nitrogens with one attached hydrogen (secondary N) is 2. The van der Waals surface area contributed by atoms with Crippen LogP contribution < -0.4 is 10.6 Å². The van der Waals surface area contributed by atoms with Crippen molar-refractivity contribution in [3.05, 3.63) is 89.5 Å². The second-order valence-corrected chi connectivity index (χ2v) is 6.09. The minimum atomic E-state index is -0.437. The summed E-state index contributed by atoms with van der Waals surface area (Å²) < 4.78 is 18.8. The van der Waals surface area contributed by atoms with Crippen LogP contribution in [0.1, 0.15) is 33.3 Å². The van der Waals surface area contributed by atoms with Crippen LogP contribution in [0.2, 0.25) is 0 Å². The molecule has 2 aromatic carbocycles. The quantitative estimate of drug-likeness (QED) is 0.592. The van der Waals surface area contributed by atoms with E-state index in [0.29, 0.717) is 22.5 Å². The fourth-order valence-electron chi connectivity index (χ4n) is 2.67. The van der Waals surface area contributed by atoms with Crippen LogP contribution in [0.25, 0.3) is 0 Å². The third kappa shape index (κ3) is 5.16. The Kier molecular flexibility index (Phi) is 6.52. The first-order chi connectivity index (χ1) is 14.1. The van der Waals surface area contributed by atoms with Gasteiger partial charge in [0.05, 0.1) is 17.9 Å². The van der Waals surface area contributed by atoms with E-state index in [1.165, 1.54) is 12.3 Å². The number of esters is 1. The Hall–Kier alpha value is -3.74. The van der Waals surface area contributed by atoms with Crippen molar-refractivity contribution in [2.24, 2.45) is 0 Å². The lowest BCUT2D eigenvalue weighted by molar-refractivity contribution is 0.0527. The minimum absolute atomic E-state index is 0.0521. The molecule has 29 heavy (non-hydrogen) atoms. The molecule has 0 unspecified atom stereocenters. The van der Waals surface area contributed by atoms with E-state index < -0.39 is 11.9 Å². The predicted molar refractivity (Wildman–Crippen MR) is 107 cm³/mol. The van der Waals surface area contributed by atoms with Crippen LogP contribution in [0.3, 0.4) is 0 Å². The SMILES string of the molecule is CCOC(=O)c1ccccc1Nc1ccnc(C(=O)NCc2ccccc2F)c1. The summed E-state index contributed by atoms with van der Waals surface area (Å²) in [5, 5.41) is 5.76. The lowest BCUT2D eigenvalue weighted by Crippen LogP contribution is -2.24. The third-order valence-corrected chi connectivity index (χ3v) is 4.09. The summed E-state index contributed by atoms with van der Waals surface area (Å²) in [6, 6.07) is 16.4. The number of halogens is 1. The summed E-state index contributed by atoms with van der Waals surface area (Å²) in [6.45, 7) is 2.06. The average Bonchev–Trinajstić information content (AvgIpc) is 2.74. The second kappa shape index (κ2) is 9.45. The highest BCUT2D eigenvalue weighted by molar-refractivity contribution is 5.97. The van der Waals surface area contributed by atoms with E-state index in [1.54, 1.807) is 61.5 Å². The standard InChI is InChI=1S/C22H20FN3O3/c1-2-29-22(28)17-8-4-6-10-19(17)26-16-11-12-24-20(13-16)21(27)25-14-15-7-3-5-9-18(15)23/h3-13H,2,14H2,1H3,(H,24,26)(H,25,27). The number of para-hydroxylation sites is 1. The van der Waals surface area contributed by atoms with Gasteiger partial charge in [-0.1, -0.05) is 30.3 Å². The summed E-state index contributed by atoms with van der Waals surface area (Å²) in [5.74, 6) is -1.25. The Morgan fingerprint density at radius 1 is 1.07 bits per heavy atom. The van der Waals surface area contributed by atoms with Gasteiger partial charge in [-0.15, -0.1) is 0 Å².